The van der Waals surface area contributed by atoms with Crippen molar-refractivity contribution in [2.75, 3.05) is 0 Å². The first-order valence-corrected chi connectivity index (χ1v) is 14.3. The van der Waals surface area contributed by atoms with E-state index in [-0.39, 0.29) is 22.4 Å². The lowest BCUT2D eigenvalue weighted by atomic mass is 9.62. The van der Waals surface area contributed by atoms with E-state index in [0.29, 0.717) is 24.2 Å². The third kappa shape index (κ3) is 6.27. The van der Waals surface area contributed by atoms with E-state index in [1.165, 1.54) is 17.2 Å². The minimum Gasteiger partial charge on any atom is -0.478 e. The van der Waals surface area contributed by atoms with Gasteiger partial charge in [0.05, 0.1) is 11.5 Å². The van der Waals surface area contributed by atoms with Crippen LogP contribution in [0.2, 0.25) is 0 Å². The average molecular weight is 547 g/mol. The van der Waals surface area contributed by atoms with Crippen LogP contribution in [0.15, 0.2) is 97.1 Å². The highest BCUT2D eigenvalue weighted by molar-refractivity contribution is 5.90. The van der Waals surface area contributed by atoms with Crippen molar-refractivity contribution in [2.45, 2.75) is 70.1 Å². The Hall–Kier alpha value is -4.18. The topological polar surface area (TPSA) is 63.6 Å². The summed E-state index contributed by atoms with van der Waals surface area (Å²) in [7, 11) is 0. The number of carbonyl (C=O) groups is 2. The molecule has 0 fully saturated rings. The summed E-state index contributed by atoms with van der Waals surface area (Å²) in [5.41, 5.74) is 6.53. The van der Waals surface area contributed by atoms with E-state index < -0.39 is 11.9 Å². The van der Waals surface area contributed by atoms with Crippen molar-refractivity contribution in [2.24, 2.45) is 0 Å². The van der Waals surface area contributed by atoms with Gasteiger partial charge >= 0.3 is 11.9 Å². The van der Waals surface area contributed by atoms with Gasteiger partial charge in [0.15, 0.2) is 0 Å². The number of carboxylic acids is 1. The number of hydrogen-bond donors (Lipinski definition) is 1. The molecule has 0 bridgehead atoms. The molecule has 0 amide bonds. The van der Waals surface area contributed by atoms with Crippen LogP contribution in [0.25, 0.3) is 0 Å². The zero-order valence-corrected chi connectivity index (χ0v) is 24.3. The van der Waals surface area contributed by atoms with Crippen LogP contribution < -0.4 is 4.74 Å². The number of aromatic carboxylic acids is 1. The number of esters is 1. The molecule has 0 saturated heterocycles. The largest absolute Gasteiger partial charge is 0.478 e. The van der Waals surface area contributed by atoms with Crippen molar-refractivity contribution in [1.82, 2.24) is 0 Å². The smallest absolute Gasteiger partial charge is 0.335 e. The lowest BCUT2D eigenvalue weighted by molar-refractivity contribution is -0.136. The van der Waals surface area contributed by atoms with Crippen molar-refractivity contribution in [1.29, 1.82) is 0 Å². The van der Waals surface area contributed by atoms with Crippen molar-refractivity contribution in [3.8, 4) is 5.75 Å². The molecule has 0 saturated carbocycles. The lowest BCUT2D eigenvalue weighted by Gasteiger charge is -2.42. The number of fused-ring (bicyclic) bond motifs is 1. The predicted molar refractivity (Wildman–Crippen MR) is 163 cm³/mol. The summed E-state index contributed by atoms with van der Waals surface area (Å²) >= 11 is 0. The molecule has 1 unspecified atom stereocenters. The second-order valence-corrected chi connectivity index (χ2v) is 12.5. The average Bonchev–Trinajstić information content (AvgIpc) is 2.95. The fraction of sp³-hybridized carbons (Fsp3) is 0.297. The molecule has 0 aliphatic heterocycles. The summed E-state index contributed by atoms with van der Waals surface area (Å²) in [6.45, 7) is 9.16. The van der Waals surface area contributed by atoms with E-state index in [0.717, 1.165) is 29.5 Å². The molecule has 41 heavy (non-hydrogen) atoms. The highest BCUT2D eigenvalue weighted by atomic mass is 16.5. The van der Waals surface area contributed by atoms with E-state index in [1.807, 2.05) is 60.7 Å². The van der Waals surface area contributed by atoms with Gasteiger partial charge < -0.3 is 9.84 Å². The van der Waals surface area contributed by atoms with Crippen LogP contribution in [0.4, 0.5) is 0 Å². The fourth-order valence-corrected chi connectivity index (χ4v) is 6.00. The Morgan fingerprint density at radius 2 is 1.37 bits per heavy atom. The summed E-state index contributed by atoms with van der Waals surface area (Å²) in [4.78, 5) is 25.9. The van der Waals surface area contributed by atoms with Crippen LogP contribution in [0.1, 0.15) is 90.2 Å². The van der Waals surface area contributed by atoms with Gasteiger partial charge in [0.1, 0.15) is 5.75 Å². The molecule has 0 radical (unpaired) electrons. The van der Waals surface area contributed by atoms with Crippen LogP contribution in [-0.2, 0) is 28.5 Å². The Bertz CT molecular complexity index is 1550. The third-order valence-corrected chi connectivity index (χ3v) is 8.61. The number of carboxylic acid groups (broad SMARTS) is 1. The zero-order chi connectivity index (χ0) is 29.2. The maximum atomic E-state index is 13.9. The van der Waals surface area contributed by atoms with Gasteiger partial charge in [0, 0.05) is 0 Å². The van der Waals surface area contributed by atoms with E-state index in [2.05, 4.69) is 45.9 Å². The normalized spacial score (nSPS) is 15.9. The second kappa shape index (κ2) is 11.4. The van der Waals surface area contributed by atoms with Gasteiger partial charge in [-0.05, 0) is 88.1 Å². The van der Waals surface area contributed by atoms with Crippen molar-refractivity contribution in [3.63, 3.8) is 0 Å². The minimum absolute atomic E-state index is 0.0149. The summed E-state index contributed by atoms with van der Waals surface area (Å²) in [5.74, 6) is -1.52. The molecular weight excluding hydrogens is 508 g/mol. The molecule has 4 aromatic carbocycles. The number of rotatable bonds is 8. The molecule has 4 aromatic rings. The van der Waals surface area contributed by atoms with E-state index in [9.17, 15) is 14.7 Å². The van der Waals surface area contributed by atoms with Gasteiger partial charge in [0.2, 0.25) is 0 Å². The van der Waals surface area contributed by atoms with Crippen LogP contribution >= 0.6 is 0 Å². The number of hydrogen-bond acceptors (Lipinski definition) is 3. The summed E-state index contributed by atoms with van der Waals surface area (Å²) in [6, 6.07) is 31.0. The summed E-state index contributed by atoms with van der Waals surface area (Å²) in [5, 5.41) is 9.79. The quantitative estimate of drug-likeness (QED) is 0.178. The molecule has 1 N–H and O–H groups in total. The molecule has 4 heteroatoms. The molecule has 1 aliphatic rings. The van der Waals surface area contributed by atoms with Crippen molar-refractivity contribution in [3.05, 3.63) is 136 Å². The van der Waals surface area contributed by atoms with Gasteiger partial charge in [-0.25, -0.2) is 4.79 Å². The summed E-state index contributed by atoms with van der Waals surface area (Å²) < 4.78 is 6.02. The Kier molecular flexibility index (Phi) is 7.86. The Morgan fingerprint density at radius 1 is 0.756 bits per heavy atom. The highest BCUT2D eigenvalue weighted by Gasteiger charge is 2.38. The van der Waals surface area contributed by atoms with Gasteiger partial charge in [-0.2, -0.15) is 0 Å². The van der Waals surface area contributed by atoms with Gasteiger partial charge in [-0.3, -0.25) is 4.79 Å². The van der Waals surface area contributed by atoms with E-state index in [1.54, 1.807) is 12.1 Å². The summed E-state index contributed by atoms with van der Waals surface area (Å²) in [6.07, 6.45) is 3.15. The number of carbonyl (C=O) groups excluding carboxylic acids is 1. The first-order valence-electron chi connectivity index (χ1n) is 14.3. The molecule has 4 nitrogen and oxygen atoms in total. The molecular formula is C37H38O4. The maximum Gasteiger partial charge on any atom is 0.335 e. The third-order valence-electron chi connectivity index (χ3n) is 8.61. The maximum absolute atomic E-state index is 13.9. The predicted octanol–water partition coefficient (Wildman–Crippen LogP) is 8.26. The molecule has 1 aliphatic carbocycles. The molecule has 0 heterocycles. The van der Waals surface area contributed by atoms with Crippen molar-refractivity contribution < 1.29 is 19.4 Å². The first-order chi connectivity index (χ1) is 19.5. The molecule has 0 spiro atoms. The van der Waals surface area contributed by atoms with Crippen LogP contribution in [0, 0.1) is 0 Å². The second-order valence-electron chi connectivity index (χ2n) is 12.5. The standard InChI is InChI=1S/C37H38O4/c1-36(2)19-20-37(3,4)33-24-27(15-18-32(33)36)31(22-26-13-9-6-10-14-26)35(40)41-29-16-17-30(34(38)39)28(23-29)21-25-11-7-5-8-12-25/h5-18,23-24,31H,19-22H2,1-4H3,(H,38,39). The first kappa shape index (κ1) is 28.4. The molecule has 5 rings (SSSR count). The van der Waals surface area contributed by atoms with Gasteiger partial charge in [0.25, 0.3) is 0 Å². The number of benzene rings is 4. The monoisotopic (exact) mass is 546 g/mol. The fourth-order valence-electron chi connectivity index (χ4n) is 6.00. The minimum atomic E-state index is -1.00. The van der Waals surface area contributed by atoms with Crippen molar-refractivity contribution >= 4 is 11.9 Å². The number of ether oxygens (including phenoxy) is 1. The Balaban J connectivity index is 1.50. The SMILES string of the molecule is CC1(C)CCC(C)(C)c2cc(C(Cc3ccccc3)C(=O)Oc3ccc(C(=O)O)c(Cc4ccccc4)c3)ccc21. The molecule has 0 aromatic heterocycles. The van der Waals surface area contributed by atoms with Crippen LogP contribution in [0.5, 0.6) is 5.75 Å². The van der Waals surface area contributed by atoms with Crippen LogP contribution in [-0.4, -0.2) is 17.0 Å². The van der Waals surface area contributed by atoms with E-state index in [4.69, 9.17) is 4.74 Å². The Morgan fingerprint density at radius 3 is 2.00 bits per heavy atom. The molecule has 210 valence electrons. The molecule has 1 atom stereocenters. The van der Waals surface area contributed by atoms with Crippen LogP contribution in [0.3, 0.4) is 0 Å². The van der Waals surface area contributed by atoms with Gasteiger partial charge in [-0.15, -0.1) is 0 Å². The lowest BCUT2D eigenvalue weighted by Crippen LogP contribution is -2.34. The zero-order valence-electron chi connectivity index (χ0n) is 24.3. The van der Waals surface area contributed by atoms with Gasteiger partial charge in [-0.1, -0.05) is 107 Å². The Labute approximate surface area is 243 Å². The highest BCUT2D eigenvalue weighted by Crippen LogP contribution is 2.46. The van der Waals surface area contributed by atoms with E-state index >= 15 is 0 Å².